The zero-order chi connectivity index (χ0) is 15.9. The van der Waals surface area contributed by atoms with Gasteiger partial charge >= 0.3 is 0 Å². The van der Waals surface area contributed by atoms with Crippen molar-refractivity contribution in [1.29, 1.82) is 0 Å². The van der Waals surface area contributed by atoms with Gasteiger partial charge in [-0.1, -0.05) is 18.7 Å². The Hall–Kier alpha value is -2.14. The number of rotatable bonds is 9. The summed E-state index contributed by atoms with van der Waals surface area (Å²) in [4.78, 5) is 25.4. The first-order chi connectivity index (χ1) is 10.6. The summed E-state index contributed by atoms with van der Waals surface area (Å²) >= 11 is 0. The van der Waals surface area contributed by atoms with Crippen LogP contribution in [0.4, 0.5) is 0 Å². The van der Waals surface area contributed by atoms with Crippen LogP contribution < -0.4 is 0 Å². The van der Waals surface area contributed by atoms with Gasteiger partial charge in [0.1, 0.15) is 0 Å². The number of carbonyl (C=O) groups is 2. The van der Waals surface area contributed by atoms with Crippen LogP contribution in [0.3, 0.4) is 0 Å². The standard InChI is InChI=1S/C17H21NO4/c1-13(2)22-11-6-5-10-21-12-9-18-16(19)14-7-3-4-8-15(14)17(18)20/h3-4,7-8H,1,5-6,9-12H2,2H3. The minimum absolute atomic E-state index is 0.237. The van der Waals surface area contributed by atoms with Crippen LogP contribution >= 0.6 is 0 Å². The number of carbonyl (C=O) groups excluding carboxylic acids is 2. The molecule has 1 aromatic carbocycles. The molecule has 5 heteroatoms. The molecule has 5 nitrogen and oxygen atoms in total. The predicted molar refractivity (Wildman–Crippen MR) is 82.6 cm³/mol. The highest BCUT2D eigenvalue weighted by Crippen LogP contribution is 2.21. The fourth-order valence-corrected chi connectivity index (χ4v) is 2.25. The first-order valence-corrected chi connectivity index (χ1v) is 7.42. The molecular weight excluding hydrogens is 282 g/mol. The van der Waals surface area contributed by atoms with Crippen LogP contribution in [-0.2, 0) is 9.47 Å². The van der Waals surface area contributed by atoms with Gasteiger partial charge in [0.05, 0.1) is 36.6 Å². The lowest BCUT2D eigenvalue weighted by atomic mass is 10.1. The molecule has 0 aliphatic carbocycles. The van der Waals surface area contributed by atoms with E-state index in [4.69, 9.17) is 9.47 Å². The highest BCUT2D eigenvalue weighted by atomic mass is 16.5. The average Bonchev–Trinajstić information content (AvgIpc) is 2.74. The molecule has 1 heterocycles. The summed E-state index contributed by atoms with van der Waals surface area (Å²) < 4.78 is 10.7. The zero-order valence-electron chi connectivity index (χ0n) is 12.8. The van der Waals surface area contributed by atoms with Crippen molar-refractivity contribution in [2.24, 2.45) is 0 Å². The molecular formula is C17H21NO4. The van der Waals surface area contributed by atoms with Crippen molar-refractivity contribution < 1.29 is 19.1 Å². The second-order valence-corrected chi connectivity index (χ2v) is 5.18. The van der Waals surface area contributed by atoms with Crippen molar-refractivity contribution in [3.8, 4) is 0 Å². The number of unbranched alkanes of at least 4 members (excludes halogenated alkanes) is 1. The largest absolute Gasteiger partial charge is 0.499 e. The molecule has 0 atom stereocenters. The van der Waals surface area contributed by atoms with Gasteiger partial charge in [0.25, 0.3) is 11.8 Å². The molecule has 0 saturated heterocycles. The molecule has 22 heavy (non-hydrogen) atoms. The van der Waals surface area contributed by atoms with E-state index >= 15 is 0 Å². The van der Waals surface area contributed by atoms with E-state index in [0.29, 0.717) is 36.7 Å². The van der Waals surface area contributed by atoms with E-state index in [1.54, 1.807) is 24.3 Å². The minimum Gasteiger partial charge on any atom is -0.499 e. The van der Waals surface area contributed by atoms with Gasteiger partial charge in [0.2, 0.25) is 0 Å². The molecule has 2 rings (SSSR count). The van der Waals surface area contributed by atoms with E-state index in [2.05, 4.69) is 6.58 Å². The van der Waals surface area contributed by atoms with Crippen LogP contribution in [0, 0.1) is 0 Å². The smallest absolute Gasteiger partial charge is 0.261 e. The number of nitrogens with zero attached hydrogens (tertiary/aromatic N) is 1. The first-order valence-electron chi connectivity index (χ1n) is 7.42. The van der Waals surface area contributed by atoms with Crippen molar-refractivity contribution in [3.05, 3.63) is 47.7 Å². The number of hydrogen-bond donors (Lipinski definition) is 0. The Labute approximate surface area is 130 Å². The lowest BCUT2D eigenvalue weighted by Gasteiger charge is -2.13. The fourth-order valence-electron chi connectivity index (χ4n) is 2.25. The Morgan fingerprint density at radius 1 is 1.05 bits per heavy atom. The number of hydrogen-bond acceptors (Lipinski definition) is 4. The maximum absolute atomic E-state index is 12.1. The highest BCUT2D eigenvalue weighted by molar-refractivity contribution is 6.21. The number of amides is 2. The monoisotopic (exact) mass is 303 g/mol. The molecule has 1 aromatic rings. The molecule has 0 bridgehead atoms. The van der Waals surface area contributed by atoms with E-state index in [-0.39, 0.29) is 18.4 Å². The van der Waals surface area contributed by atoms with Crippen molar-refractivity contribution in [2.75, 3.05) is 26.4 Å². The summed E-state index contributed by atoms with van der Waals surface area (Å²) in [6.07, 6.45) is 1.76. The summed E-state index contributed by atoms with van der Waals surface area (Å²) in [5.41, 5.74) is 0.953. The topological polar surface area (TPSA) is 55.8 Å². The van der Waals surface area contributed by atoms with Crippen molar-refractivity contribution >= 4 is 11.8 Å². The number of ether oxygens (including phenoxy) is 2. The molecule has 0 spiro atoms. The molecule has 1 aliphatic heterocycles. The van der Waals surface area contributed by atoms with Crippen LogP contribution in [0.1, 0.15) is 40.5 Å². The van der Waals surface area contributed by atoms with E-state index in [1.165, 1.54) is 4.90 Å². The quantitative estimate of drug-likeness (QED) is 0.400. The summed E-state index contributed by atoms with van der Waals surface area (Å²) in [5, 5.41) is 0. The Morgan fingerprint density at radius 3 is 2.23 bits per heavy atom. The SMILES string of the molecule is C=C(C)OCCCCOCCN1C(=O)c2ccccc2C1=O. The van der Waals surface area contributed by atoms with Crippen LogP contribution in [0.15, 0.2) is 36.6 Å². The van der Waals surface area contributed by atoms with Crippen molar-refractivity contribution in [2.45, 2.75) is 19.8 Å². The van der Waals surface area contributed by atoms with Gasteiger partial charge in [0.15, 0.2) is 0 Å². The molecule has 0 unspecified atom stereocenters. The third-order valence-electron chi connectivity index (χ3n) is 3.37. The van der Waals surface area contributed by atoms with Gasteiger partial charge in [-0.15, -0.1) is 0 Å². The van der Waals surface area contributed by atoms with Gasteiger partial charge in [-0.2, -0.15) is 0 Å². The van der Waals surface area contributed by atoms with Gasteiger partial charge in [-0.3, -0.25) is 14.5 Å². The lowest BCUT2D eigenvalue weighted by molar-refractivity contribution is 0.0556. The molecule has 1 aliphatic rings. The minimum atomic E-state index is -0.237. The van der Waals surface area contributed by atoms with Crippen LogP contribution in [0.5, 0.6) is 0 Å². The van der Waals surface area contributed by atoms with Crippen LogP contribution in [0.2, 0.25) is 0 Å². The molecule has 2 amide bonds. The molecule has 0 saturated carbocycles. The van der Waals surface area contributed by atoms with Crippen molar-refractivity contribution in [3.63, 3.8) is 0 Å². The van der Waals surface area contributed by atoms with Gasteiger partial charge in [-0.25, -0.2) is 0 Å². The van der Waals surface area contributed by atoms with Crippen molar-refractivity contribution in [1.82, 2.24) is 4.90 Å². The molecule has 0 fully saturated rings. The molecule has 0 N–H and O–H groups in total. The normalized spacial score (nSPS) is 13.4. The Morgan fingerprint density at radius 2 is 1.64 bits per heavy atom. The van der Waals surface area contributed by atoms with Gasteiger partial charge in [-0.05, 0) is 31.9 Å². The molecule has 118 valence electrons. The zero-order valence-corrected chi connectivity index (χ0v) is 12.8. The predicted octanol–water partition coefficient (Wildman–Crippen LogP) is 2.63. The number of allylic oxidation sites excluding steroid dienone is 1. The third-order valence-corrected chi connectivity index (χ3v) is 3.37. The Balaban J connectivity index is 1.65. The van der Waals surface area contributed by atoms with E-state index < -0.39 is 0 Å². The summed E-state index contributed by atoms with van der Waals surface area (Å²) in [5.74, 6) is 0.240. The average molecular weight is 303 g/mol. The highest BCUT2D eigenvalue weighted by Gasteiger charge is 2.34. The van der Waals surface area contributed by atoms with Crippen LogP contribution in [0.25, 0.3) is 0 Å². The second kappa shape index (κ2) is 7.75. The summed E-state index contributed by atoms with van der Waals surface area (Å²) in [6.45, 7) is 7.34. The second-order valence-electron chi connectivity index (χ2n) is 5.18. The number of benzene rings is 1. The third kappa shape index (κ3) is 3.95. The number of fused-ring (bicyclic) bond motifs is 1. The summed E-state index contributed by atoms with van der Waals surface area (Å²) in [6, 6.07) is 6.88. The maximum atomic E-state index is 12.1. The van der Waals surface area contributed by atoms with Crippen LogP contribution in [-0.4, -0.2) is 43.1 Å². The van der Waals surface area contributed by atoms with E-state index in [9.17, 15) is 9.59 Å². The number of imide groups is 1. The van der Waals surface area contributed by atoms with E-state index in [1.807, 2.05) is 6.92 Å². The first kappa shape index (κ1) is 16.2. The van der Waals surface area contributed by atoms with Gasteiger partial charge < -0.3 is 9.47 Å². The Bertz CT molecular complexity index is 533. The molecule has 0 aromatic heterocycles. The molecule has 0 radical (unpaired) electrons. The lowest BCUT2D eigenvalue weighted by Crippen LogP contribution is -2.33. The Kier molecular flexibility index (Phi) is 5.72. The fraction of sp³-hybridized carbons (Fsp3) is 0.412. The van der Waals surface area contributed by atoms with E-state index in [0.717, 1.165) is 12.8 Å². The summed E-state index contributed by atoms with van der Waals surface area (Å²) in [7, 11) is 0. The maximum Gasteiger partial charge on any atom is 0.261 e. The van der Waals surface area contributed by atoms with Gasteiger partial charge in [0, 0.05) is 6.61 Å².